The topological polar surface area (TPSA) is 353 Å². The van der Waals surface area contributed by atoms with Crippen LogP contribution in [-0.4, -0.2) is 281 Å². The first-order valence-electron chi connectivity index (χ1n) is 49.8. The summed E-state index contributed by atoms with van der Waals surface area (Å²) in [6.45, 7) is 47.3. The van der Waals surface area contributed by atoms with Crippen molar-refractivity contribution in [3.63, 3.8) is 0 Å². The summed E-state index contributed by atoms with van der Waals surface area (Å²) in [5, 5.41) is 50.0. The lowest BCUT2D eigenvalue weighted by Crippen LogP contribution is -2.57. The van der Waals surface area contributed by atoms with Crippen molar-refractivity contribution in [3.05, 3.63) is 257 Å². The number of amides is 8. The first-order valence-corrected chi connectivity index (χ1v) is 49.8. The van der Waals surface area contributed by atoms with E-state index >= 15 is 0 Å². The van der Waals surface area contributed by atoms with Gasteiger partial charge in [-0.3, -0.25) is 33.6 Å². The molecule has 8 aromatic heterocycles. The number of aromatic nitrogens is 12. The number of allylic oxidation sites excluding steroid dienone is 1. The molecule has 4 saturated heterocycles. The van der Waals surface area contributed by atoms with Crippen LogP contribution in [0.15, 0.2) is 183 Å². The van der Waals surface area contributed by atoms with E-state index in [0.717, 1.165) is 50.1 Å². The average Bonchev–Trinajstić information content (AvgIpc) is 1.64. The van der Waals surface area contributed by atoms with Crippen molar-refractivity contribution in [2.45, 2.75) is 217 Å². The van der Waals surface area contributed by atoms with Gasteiger partial charge in [0.2, 0.25) is 0 Å². The Balaban J connectivity index is 0.000000155. The normalized spacial score (nSPS) is 17.0. The number of hydrogen-bond donors (Lipinski definition) is 3. The van der Waals surface area contributed by atoms with Gasteiger partial charge in [-0.2, -0.15) is 20.4 Å². The molecule has 0 radical (unpaired) electrons. The number of aliphatic hydroxyl groups is 3. The Kier molecular flexibility index (Phi) is 33.0. The molecule has 36 heteroatoms. The summed E-state index contributed by atoms with van der Waals surface area (Å²) in [6, 6.07) is 40.0. The number of rotatable bonds is 18. The fraction of sp³-hybridized carbons (Fsp3) is 0.423. The van der Waals surface area contributed by atoms with E-state index in [2.05, 4.69) is 60.8 Å². The second-order valence-corrected chi connectivity index (χ2v) is 42.8. The highest BCUT2D eigenvalue weighted by atomic mass is 19.1. The molecule has 17 rings (SSSR count). The zero-order chi connectivity index (χ0) is 107. The average molecular weight is 2010 g/mol. The summed E-state index contributed by atoms with van der Waals surface area (Å²) in [5.74, 6) is -2.77. The first-order chi connectivity index (χ1) is 69.3. The quantitative estimate of drug-likeness (QED) is 0.0672. The smallest absolute Gasteiger partial charge is 0.410 e. The van der Waals surface area contributed by atoms with Gasteiger partial charge >= 0.3 is 6.09 Å². The van der Waals surface area contributed by atoms with Crippen LogP contribution in [0.1, 0.15) is 245 Å². The monoisotopic (exact) mass is 2010 g/mol. The zero-order valence-electron chi connectivity index (χ0n) is 87.1. The highest BCUT2D eigenvalue weighted by molar-refractivity contribution is 5.97. The number of fused-ring (bicyclic) bond motifs is 4. The molecule has 0 saturated carbocycles. The summed E-state index contributed by atoms with van der Waals surface area (Å²) in [5.41, 5.74) is 13.0. The first kappa shape index (κ1) is 108. The van der Waals surface area contributed by atoms with Crippen molar-refractivity contribution in [2.75, 3.05) is 78.5 Å². The minimum Gasteiger partial charge on any atom is -0.444 e. The fourth-order valence-corrected chi connectivity index (χ4v) is 18.5. The number of carbonyl (C=O) groups excluding carboxylic acids is 8. The lowest BCUT2D eigenvalue weighted by atomic mass is 9.88. The van der Waals surface area contributed by atoms with E-state index in [9.17, 15) is 71.2 Å². The van der Waals surface area contributed by atoms with E-state index in [4.69, 9.17) is 4.74 Å². The number of halogens is 4. The third kappa shape index (κ3) is 25.8. The van der Waals surface area contributed by atoms with E-state index in [1.807, 2.05) is 155 Å². The Morgan fingerprint density at radius 1 is 0.374 bits per heavy atom. The molecule has 32 nitrogen and oxygen atoms in total. The van der Waals surface area contributed by atoms with E-state index in [1.165, 1.54) is 48.5 Å². The Bertz CT molecular complexity index is 7010. The second kappa shape index (κ2) is 44.8. The summed E-state index contributed by atoms with van der Waals surface area (Å²) >= 11 is 0. The maximum atomic E-state index is 13.4. The summed E-state index contributed by atoms with van der Waals surface area (Å²) < 4.78 is 65.6. The van der Waals surface area contributed by atoms with Gasteiger partial charge in [-0.05, 0) is 229 Å². The molecule has 7 atom stereocenters. The van der Waals surface area contributed by atoms with Crippen LogP contribution in [0.2, 0.25) is 0 Å². The maximum absolute atomic E-state index is 13.4. The van der Waals surface area contributed by atoms with Crippen molar-refractivity contribution in [2.24, 2.45) is 10.8 Å². The molecule has 4 aliphatic rings. The largest absolute Gasteiger partial charge is 0.444 e. The lowest BCUT2D eigenvalue weighted by molar-refractivity contribution is -0.146. The van der Waals surface area contributed by atoms with Crippen molar-refractivity contribution in [1.82, 2.24) is 97.6 Å². The van der Waals surface area contributed by atoms with Crippen LogP contribution >= 0.6 is 0 Å². The van der Waals surface area contributed by atoms with Gasteiger partial charge in [0.15, 0.2) is 28.7 Å². The van der Waals surface area contributed by atoms with Crippen LogP contribution in [-0.2, 0) is 19.1 Å². The molecule has 0 spiro atoms. The highest BCUT2D eigenvalue weighted by Gasteiger charge is 2.41. The molecule has 0 aliphatic carbocycles. The van der Waals surface area contributed by atoms with Gasteiger partial charge < -0.3 is 59.3 Å². The van der Waals surface area contributed by atoms with Crippen LogP contribution in [0.3, 0.4) is 0 Å². The zero-order valence-corrected chi connectivity index (χ0v) is 87.1. The predicted molar refractivity (Wildman–Crippen MR) is 552 cm³/mol. The number of benzene rings is 5. The molecule has 776 valence electrons. The van der Waals surface area contributed by atoms with Crippen molar-refractivity contribution in [1.29, 1.82) is 0 Å². The summed E-state index contributed by atoms with van der Waals surface area (Å²) in [4.78, 5) is 137. The molecule has 13 aromatic rings. The molecular weight excluding hydrogens is 1880 g/mol. The van der Waals surface area contributed by atoms with Gasteiger partial charge in [0.05, 0.1) is 47.6 Å². The molecule has 0 bridgehead atoms. The molecule has 147 heavy (non-hydrogen) atoms. The van der Waals surface area contributed by atoms with Gasteiger partial charge in [-0.1, -0.05) is 120 Å². The van der Waals surface area contributed by atoms with Crippen molar-refractivity contribution in [3.8, 4) is 45.0 Å². The fourth-order valence-electron chi connectivity index (χ4n) is 18.5. The van der Waals surface area contributed by atoms with Crippen LogP contribution in [0.5, 0.6) is 0 Å². The Labute approximate surface area is 853 Å². The van der Waals surface area contributed by atoms with E-state index in [-0.39, 0.29) is 141 Å². The van der Waals surface area contributed by atoms with E-state index in [0.29, 0.717) is 148 Å². The van der Waals surface area contributed by atoms with Crippen LogP contribution in [0.25, 0.3) is 73.2 Å². The second-order valence-electron chi connectivity index (χ2n) is 42.8. The summed E-state index contributed by atoms with van der Waals surface area (Å²) in [6.07, 6.45) is 3.50. The highest BCUT2D eigenvalue weighted by Crippen LogP contribution is 2.35. The predicted octanol–water partition coefficient (Wildman–Crippen LogP) is 17.0. The van der Waals surface area contributed by atoms with E-state index < -0.39 is 23.9 Å². The van der Waals surface area contributed by atoms with E-state index in [1.54, 1.807) is 155 Å². The number of ether oxygens (including phenoxy) is 1. The number of piperazine rings is 4. The SMILES string of the molecule is C=C(C)c1cc(-c2ccc(F)cc2)nn2cc(C(=O)N3CCN(C(=O)[C@H](O)CC(C)(C)C)[C@@H](C)C3)nc12.CC(C)c1cc(-c2ccc(F)cc2)nn2cc(C(=O)N3CCN(C(=O)OC(C)(C)C)[C@@H](C)C3)nc12.CC(C)c1cc(-c2ccc(F)cc2)nn2cc(C(=O)N3CCN(C(=O)[C@H](O)CC(C)(C)C)[C@@H](C)C3)nc12.CC(C)c1cc(-c2ccc(F)cc2)nn2cc(C(=O)N3CCN(C(=O)[C@H](O)c4ccccc4)[C@@H](C)C3)nc12. The van der Waals surface area contributed by atoms with Crippen LogP contribution < -0.4 is 0 Å². The standard InChI is InChI=1S/C29H30FN5O3.C28H36FN5O3.C28H34FN5O3.C26H32FN5O3/c1-18(2)23-15-24(20-9-11-22(30)12-10-20)32-35-17-25(31-27(23)35)28(37)33-13-14-34(19(3)16-33)29(38)26(36)21-7-5-4-6-8-21;2*1-17(2)21-13-22(19-7-9-20(29)10-8-19)31-34-16-23(30-25(21)34)26(36)32-11-12-33(18(3)15-32)27(37)24(35)14-28(4,5)6;1-16(2)20-13-21(18-7-9-19(27)10-8-18)29-32-15-22(28-23(20)32)24(33)30-11-12-31(17(3)14-30)25(34)35-26(4,5)6/h4-12,15,17-19,26,36H,13-14,16H2,1-3H3;7-10,13,16-18,24,35H,11-12,14-15H2,1-6H3;7-10,13,16,18,24,35H,1,11-12,14-15H2,2-6H3;7-10,13,15-17H,11-12,14H2,1-6H3/t19-,26+;2*18-,24+;17-/m0000/s1. The minimum absolute atomic E-state index is 0.121. The third-order valence-corrected chi connectivity index (χ3v) is 26.2. The Morgan fingerprint density at radius 2 is 0.639 bits per heavy atom. The number of hydrogen-bond acceptors (Lipinski definition) is 20. The molecule has 3 N–H and O–H groups in total. The minimum atomic E-state index is -1.24. The van der Waals surface area contributed by atoms with Crippen LogP contribution in [0, 0.1) is 34.1 Å². The molecule has 12 heterocycles. The third-order valence-electron chi connectivity index (χ3n) is 26.2. The molecular formula is C111H132F4N20O12. The molecule has 8 amide bonds. The van der Waals surface area contributed by atoms with Gasteiger partial charge in [0, 0.05) is 147 Å². The number of imidazole rings is 4. The van der Waals surface area contributed by atoms with Crippen molar-refractivity contribution < 1.29 is 76.0 Å². The number of aliphatic hydroxyl groups excluding tert-OH is 3. The van der Waals surface area contributed by atoms with Gasteiger partial charge in [-0.25, -0.2) is 60.4 Å². The maximum Gasteiger partial charge on any atom is 0.410 e. The Hall–Kier alpha value is -14.5. The Morgan fingerprint density at radius 3 is 0.905 bits per heavy atom. The molecule has 5 aromatic carbocycles. The van der Waals surface area contributed by atoms with Gasteiger partial charge in [0.25, 0.3) is 41.4 Å². The number of carbonyl (C=O) groups is 8. The summed E-state index contributed by atoms with van der Waals surface area (Å²) in [7, 11) is 0. The van der Waals surface area contributed by atoms with Crippen molar-refractivity contribution >= 4 is 75.6 Å². The van der Waals surface area contributed by atoms with Crippen LogP contribution in [0.4, 0.5) is 22.4 Å². The molecule has 4 fully saturated rings. The lowest BCUT2D eigenvalue weighted by Gasteiger charge is -2.40. The molecule has 0 unspecified atom stereocenters. The van der Waals surface area contributed by atoms with Gasteiger partial charge in [-0.15, -0.1) is 0 Å². The van der Waals surface area contributed by atoms with Gasteiger partial charge in [0.1, 0.15) is 63.9 Å². The molecule has 4 aliphatic heterocycles. The number of nitrogens with zero attached hydrogens (tertiary/aromatic N) is 20.